The molecule has 0 amide bonds. The molecule has 0 radical (unpaired) electrons. The Morgan fingerprint density at radius 2 is 1.95 bits per heavy atom. The standard InChI is InChI=1S/C16H17N3O/c1-10-2-3-12-7-13(5-4-11(12)6-10)15-8-18-16(19-15)14(17)9-20/h2-8,14,20H,9,17H2,1H3,(H,18,19). The third kappa shape index (κ3) is 2.31. The van der Waals surface area contributed by atoms with Crippen LogP contribution in [0.15, 0.2) is 42.6 Å². The first-order valence-electron chi connectivity index (χ1n) is 6.59. The van der Waals surface area contributed by atoms with Crippen molar-refractivity contribution in [1.82, 2.24) is 9.97 Å². The monoisotopic (exact) mass is 267 g/mol. The van der Waals surface area contributed by atoms with Crippen molar-refractivity contribution in [3.05, 3.63) is 54.0 Å². The molecule has 1 unspecified atom stereocenters. The summed E-state index contributed by atoms with van der Waals surface area (Å²) in [5.41, 5.74) is 8.97. The van der Waals surface area contributed by atoms with Crippen molar-refractivity contribution < 1.29 is 5.11 Å². The van der Waals surface area contributed by atoms with E-state index < -0.39 is 6.04 Å². The Kier molecular flexibility index (Phi) is 3.26. The highest BCUT2D eigenvalue weighted by atomic mass is 16.3. The summed E-state index contributed by atoms with van der Waals surface area (Å²) in [6.07, 6.45) is 1.75. The summed E-state index contributed by atoms with van der Waals surface area (Å²) in [7, 11) is 0. The van der Waals surface area contributed by atoms with Crippen molar-refractivity contribution >= 4 is 10.8 Å². The molecule has 0 bridgehead atoms. The van der Waals surface area contributed by atoms with Crippen LogP contribution in [0.3, 0.4) is 0 Å². The van der Waals surface area contributed by atoms with Gasteiger partial charge in [0.05, 0.1) is 24.5 Å². The van der Waals surface area contributed by atoms with E-state index in [4.69, 9.17) is 10.8 Å². The fourth-order valence-electron chi connectivity index (χ4n) is 2.29. The number of aliphatic hydroxyl groups is 1. The number of rotatable bonds is 3. The predicted molar refractivity (Wildman–Crippen MR) is 80.3 cm³/mol. The Labute approximate surface area is 117 Å². The fraction of sp³-hybridized carbons (Fsp3) is 0.188. The van der Waals surface area contributed by atoms with Gasteiger partial charge >= 0.3 is 0 Å². The second-order valence-electron chi connectivity index (χ2n) is 5.04. The molecule has 4 heteroatoms. The van der Waals surface area contributed by atoms with Gasteiger partial charge in [0.2, 0.25) is 0 Å². The minimum absolute atomic E-state index is 0.121. The highest BCUT2D eigenvalue weighted by Gasteiger charge is 2.10. The quantitative estimate of drug-likeness (QED) is 0.682. The molecule has 3 rings (SSSR count). The van der Waals surface area contributed by atoms with Gasteiger partial charge in [-0.15, -0.1) is 0 Å². The maximum atomic E-state index is 9.05. The molecule has 20 heavy (non-hydrogen) atoms. The first kappa shape index (κ1) is 12.8. The molecule has 4 N–H and O–H groups in total. The summed E-state index contributed by atoms with van der Waals surface area (Å²) in [6, 6.07) is 12.2. The second-order valence-corrected chi connectivity index (χ2v) is 5.04. The van der Waals surface area contributed by atoms with Gasteiger partial charge in [0, 0.05) is 5.56 Å². The van der Waals surface area contributed by atoms with Crippen LogP contribution in [0.4, 0.5) is 0 Å². The van der Waals surface area contributed by atoms with Crippen LogP contribution in [0, 0.1) is 6.92 Å². The molecular weight excluding hydrogens is 250 g/mol. The molecule has 0 aliphatic heterocycles. The zero-order valence-corrected chi connectivity index (χ0v) is 11.3. The molecule has 0 fully saturated rings. The van der Waals surface area contributed by atoms with Crippen molar-refractivity contribution in [2.24, 2.45) is 5.73 Å². The van der Waals surface area contributed by atoms with Crippen LogP contribution < -0.4 is 5.73 Å². The van der Waals surface area contributed by atoms with E-state index in [0.29, 0.717) is 5.82 Å². The number of fused-ring (bicyclic) bond motifs is 1. The van der Waals surface area contributed by atoms with E-state index in [2.05, 4.69) is 53.3 Å². The second kappa shape index (κ2) is 5.07. The first-order chi connectivity index (χ1) is 9.67. The average molecular weight is 267 g/mol. The summed E-state index contributed by atoms with van der Waals surface area (Å²) < 4.78 is 0. The number of H-pyrrole nitrogens is 1. The van der Waals surface area contributed by atoms with Gasteiger partial charge in [0.25, 0.3) is 0 Å². The Hall–Kier alpha value is -2.17. The lowest BCUT2D eigenvalue weighted by atomic mass is 10.0. The number of aryl methyl sites for hydroxylation is 1. The number of nitrogens with zero attached hydrogens (tertiary/aromatic N) is 1. The lowest BCUT2D eigenvalue weighted by molar-refractivity contribution is 0.264. The van der Waals surface area contributed by atoms with Crippen molar-refractivity contribution in [3.8, 4) is 11.3 Å². The number of nitrogens with one attached hydrogen (secondary N) is 1. The highest BCUT2D eigenvalue weighted by Crippen LogP contribution is 2.24. The van der Waals surface area contributed by atoms with Crippen LogP contribution in [0.2, 0.25) is 0 Å². The lowest BCUT2D eigenvalue weighted by Gasteiger charge is -2.04. The summed E-state index contributed by atoms with van der Waals surface area (Å²) in [4.78, 5) is 7.38. The number of nitrogens with two attached hydrogens (primary N) is 1. The van der Waals surface area contributed by atoms with Crippen LogP contribution in [-0.2, 0) is 0 Å². The lowest BCUT2D eigenvalue weighted by Crippen LogP contribution is -2.15. The Morgan fingerprint density at radius 1 is 1.20 bits per heavy atom. The van der Waals surface area contributed by atoms with Crippen molar-refractivity contribution in [3.63, 3.8) is 0 Å². The molecule has 0 saturated heterocycles. The predicted octanol–water partition coefficient (Wildman–Crippen LogP) is 2.53. The molecule has 2 aromatic carbocycles. The molecule has 0 saturated carbocycles. The van der Waals surface area contributed by atoms with Gasteiger partial charge in [-0.1, -0.05) is 35.9 Å². The van der Waals surface area contributed by atoms with Gasteiger partial charge in [0.15, 0.2) is 0 Å². The van der Waals surface area contributed by atoms with E-state index in [-0.39, 0.29) is 6.61 Å². The van der Waals surface area contributed by atoms with Gasteiger partial charge in [-0.05, 0) is 23.8 Å². The number of aromatic nitrogens is 2. The maximum absolute atomic E-state index is 9.05. The Balaban J connectivity index is 2.01. The smallest absolute Gasteiger partial charge is 0.125 e. The van der Waals surface area contributed by atoms with Crippen LogP contribution in [0.25, 0.3) is 22.0 Å². The summed E-state index contributed by atoms with van der Waals surface area (Å²) in [5, 5.41) is 11.5. The normalized spacial score (nSPS) is 12.8. The van der Waals surface area contributed by atoms with E-state index in [1.807, 2.05) is 0 Å². The molecular formula is C16H17N3O. The van der Waals surface area contributed by atoms with Crippen molar-refractivity contribution in [2.45, 2.75) is 13.0 Å². The zero-order valence-electron chi connectivity index (χ0n) is 11.3. The zero-order chi connectivity index (χ0) is 14.1. The van der Waals surface area contributed by atoms with E-state index in [1.165, 1.54) is 16.3 Å². The highest BCUT2D eigenvalue weighted by molar-refractivity contribution is 5.87. The number of imidazole rings is 1. The number of benzene rings is 2. The van der Waals surface area contributed by atoms with Crippen molar-refractivity contribution in [2.75, 3.05) is 6.61 Å². The number of hydrogen-bond donors (Lipinski definition) is 3. The minimum atomic E-state index is -0.466. The topological polar surface area (TPSA) is 74.9 Å². The molecule has 1 heterocycles. The maximum Gasteiger partial charge on any atom is 0.125 e. The molecule has 0 aliphatic rings. The number of aliphatic hydroxyl groups excluding tert-OH is 1. The first-order valence-corrected chi connectivity index (χ1v) is 6.59. The number of hydrogen-bond acceptors (Lipinski definition) is 3. The number of aromatic amines is 1. The Bertz CT molecular complexity index is 748. The van der Waals surface area contributed by atoms with E-state index in [9.17, 15) is 0 Å². The van der Waals surface area contributed by atoms with Crippen molar-refractivity contribution in [1.29, 1.82) is 0 Å². The third-order valence-corrected chi connectivity index (χ3v) is 3.45. The molecule has 1 aromatic heterocycles. The average Bonchev–Trinajstić information content (AvgIpc) is 2.95. The van der Waals surface area contributed by atoms with Crippen LogP contribution in [0.1, 0.15) is 17.4 Å². The van der Waals surface area contributed by atoms with Crippen LogP contribution >= 0.6 is 0 Å². The molecule has 102 valence electrons. The van der Waals surface area contributed by atoms with E-state index in [1.54, 1.807) is 6.20 Å². The van der Waals surface area contributed by atoms with E-state index >= 15 is 0 Å². The van der Waals surface area contributed by atoms with Gasteiger partial charge in [-0.25, -0.2) is 4.98 Å². The Morgan fingerprint density at radius 3 is 2.75 bits per heavy atom. The van der Waals surface area contributed by atoms with Gasteiger partial charge in [0.1, 0.15) is 5.82 Å². The van der Waals surface area contributed by atoms with Crippen LogP contribution in [0.5, 0.6) is 0 Å². The minimum Gasteiger partial charge on any atom is -0.394 e. The fourth-order valence-corrected chi connectivity index (χ4v) is 2.29. The van der Waals surface area contributed by atoms with Gasteiger partial charge < -0.3 is 15.8 Å². The third-order valence-electron chi connectivity index (χ3n) is 3.45. The molecule has 4 nitrogen and oxygen atoms in total. The van der Waals surface area contributed by atoms with Crippen LogP contribution in [-0.4, -0.2) is 21.7 Å². The molecule has 0 spiro atoms. The van der Waals surface area contributed by atoms with E-state index in [0.717, 1.165) is 11.3 Å². The summed E-state index contributed by atoms with van der Waals surface area (Å²) >= 11 is 0. The molecule has 0 aliphatic carbocycles. The molecule has 3 aromatic rings. The van der Waals surface area contributed by atoms with Gasteiger partial charge in [-0.3, -0.25) is 0 Å². The summed E-state index contributed by atoms with van der Waals surface area (Å²) in [5.74, 6) is 0.603. The summed E-state index contributed by atoms with van der Waals surface area (Å²) in [6.45, 7) is 1.97. The molecule has 1 atom stereocenters. The SMILES string of the molecule is Cc1ccc2cc(-c3cnc(C(N)CO)[nH]3)ccc2c1. The largest absolute Gasteiger partial charge is 0.394 e. The van der Waals surface area contributed by atoms with Gasteiger partial charge in [-0.2, -0.15) is 0 Å².